The molecule has 3 heterocycles. The lowest BCUT2D eigenvalue weighted by Crippen LogP contribution is -2.24. The summed E-state index contributed by atoms with van der Waals surface area (Å²) in [4.78, 5) is 14.3. The van der Waals surface area contributed by atoms with Crippen molar-refractivity contribution in [3.63, 3.8) is 0 Å². The summed E-state index contributed by atoms with van der Waals surface area (Å²) in [5.74, 6) is -5.53. The van der Waals surface area contributed by atoms with Gasteiger partial charge in [-0.3, -0.25) is 9.55 Å². The topological polar surface area (TPSA) is 43.6 Å². The number of fused-ring (bicyclic) bond motifs is 5. The molecule has 1 aliphatic carbocycles. The van der Waals surface area contributed by atoms with E-state index in [-0.39, 0.29) is 16.5 Å². The standard InChI is InChI=1S/C46H28F4N4/c1-46(2)32-14-8-15-34-39(32)44(30-19-17-26(23-33(30)46)25-10-4-3-5-11-25)53-45(52-34)54-35-16-7-6-13-29(35)31-22-27(18-20-36(31)54)37-40(47)42(49)38(43(50)41(37)48)28-12-9-21-51-24-28/h3-24H,1-2H3. The molecule has 54 heavy (non-hydrogen) atoms. The summed E-state index contributed by atoms with van der Waals surface area (Å²) in [6.45, 7) is 4.46. The van der Waals surface area contributed by atoms with Crippen molar-refractivity contribution in [2.24, 2.45) is 0 Å². The Kier molecular flexibility index (Phi) is 6.92. The van der Waals surface area contributed by atoms with Crippen LogP contribution in [0.3, 0.4) is 0 Å². The summed E-state index contributed by atoms with van der Waals surface area (Å²) < 4.78 is 64.6. The van der Waals surface area contributed by atoms with Crippen LogP contribution in [-0.2, 0) is 5.41 Å². The largest absolute Gasteiger partial charge is 0.278 e. The number of nitrogens with zero attached hydrogens (tertiary/aromatic N) is 4. The second-order valence-electron chi connectivity index (χ2n) is 14.2. The molecule has 0 spiro atoms. The lowest BCUT2D eigenvalue weighted by Gasteiger charge is -2.35. The van der Waals surface area contributed by atoms with Crippen LogP contribution in [0.15, 0.2) is 134 Å². The Labute approximate surface area is 307 Å². The average Bonchev–Trinajstić information content (AvgIpc) is 3.53. The lowest BCUT2D eigenvalue weighted by molar-refractivity contribution is 0.463. The minimum absolute atomic E-state index is 0.0134. The molecule has 8 heteroatoms. The molecular weight excluding hydrogens is 685 g/mol. The maximum absolute atomic E-state index is 15.8. The van der Waals surface area contributed by atoms with Crippen molar-refractivity contribution < 1.29 is 17.6 Å². The molecule has 0 bridgehead atoms. The van der Waals surface area contributed by atoms with Crippen molar-refractivity contribution in [1.82, 2.24) is 19.5 Å². The monoisotopic (exact) mass is 712 g/mol. The predicted molar refractivity (Wildman–Crippen MR) is 205 cm³/mol. The molecule has 0 N–H and O–H groups in total. The van der Waals surface area contributed by atoms with Crippen molar-refractivity contribution in [1.29, 1.82) is 0 Å². The normalized spacial score (nSPS) is 13.1. The number of pyridine rings is 1. The molecule has 10 rings (SSSR count). The lowest BCUT2D eigenvalue weighted by atomic mass is 9.69. The van der Waals surface area contributed by atoms with Gasteiger partial charge in [0.15, 0.2) is 23.3 Å². The summed E-state index contributed by atoms with van der Waals surface area (Å²) >= 11 is 0. The van der Waals surface area contributed by atoms with Gasteiger partial charge in [0.2, 0.25) is 5.95 Å². The zero-order chi connectivity index (χ0) is 36.9. The molecule has 0 radical (unpaired) electrons. The minimum atomic E-state index is -1.49. The van der Waals surface area contributed by atoms with Gasteiger partial charge >= 0.3 is 0 Å². The zero-order valence-electron chi connectivity index (χ0n) is 29.0. The molecule has 0 saturated carbocycles. The zero-order valence-corrected chi connectivity index (χ0v) is 29.0. The number of rotatable bonds is 4. The van der Waals surface area contributed by atoms with Gasteiger partial charge in [0.25, 0.3) is 0 Å². The SMILES string of the molecule is CC1(C)c2cc(-c3ccccc3)ccc2-c2nc(-n3c4ccccc4c4cc(-c5c(F)c(F)c(-c6cccnc6)c(F)c5F)ccc43)nc3cccc1c23. The van der Waals surface area contributed by atoms with Gasteiger partial charge in [-0.1, -0.05) is 98.8 Å². The fraction of sp³-hybridized carbons (Fsp3) is 0.0652. The highest BCUT2D eigenvalue weighted by Gasteiger charge is 2.35. The van der Waals surface area contributed by atoms with Crippen molar-refractivity contribution >= 4 is 32.7 Å². The molecule has 0 fully saturated rings. The highest BCUT2D eigenvalue weighted by Crippen LogP contribution is 2.49. The van der Waals surface area contributed by atoms with Crippen LogP contribution in [0.2, 0.25) is 0 Å². The first-order valence-electron chi connectivity index (χ1n) is 17.5. The molecule has 260 valence electrons. The third-order valence-electron chi connectivity index (χ3n) is 10.8. The van der Waals surface area contributed by atoms with Crippen LogP contribution in [0.4, 0.5) is 17.6 Å². The molecular formula is C46H28F4N4. The Hall–Kier alpha value is -6.67. The number of halogens is 4. The maximum Gasteiger partial charge on any atom is 0.235 e. The van der Waals surface area contributed by atoms with E-state index in [1.165, 1.54) is 24.4 Å². The summed E-state index contributed by atoms with van der Waals surface area (Å²) in [5.41, 5.74) is 6.54. The first kappa shape index (κ1) is 32.0. The molecule has 0 amide bonds. The van der Waals surface area contributed by atoms with Gasteiger partial charge in [-0.15, -0.1) is 0 Å². The molecule has 0 unspecified atom stereocenters. The maximum atomic E-state index is 15.8. The fourth-order valence-electron chi connectivity index (χ4n) is 8.20. The van der Waals surface area contributed by atoms with Crippen LogP contribution in [0.25, 0.3) is 83.3 Å². The van der Waals surface area contributed by atoms with E-state index in [1.54, 1.807) is 12.1 Å². The van der Waals surface area contributed by atoms with E-state index >= 15 is 17.6 Å². The van der Waals surface area contributed by atoms with Crippen LogP contribution in [0.1, 0.15) is 25.0 Å². The van der Waals surface area contributed by atoms with Crippen LogP contribution >= 0.6 is 0 Å². The summed E-state index contributed by atoms with van der Waals surface area (Å²) in [5, 5.41) is 2.35. The smallest absolute Gasteiger partial charge is 0.235 e. The van der Waals surface area contributed by atoms with E-state index in [2.05, 4.69) is 55.2 Å². The third-order valence-corrected chi connectivity index (χ3v) is 10.8. The van der Waals surface area contributed by atoms with Gasteiger partial charge in [-0.2, -0.15) is 0 Å². The molecule has 4 nitrogen and oxygen atoms in total. The first-order chi connectivity index (χ1) is 26.2. The Morgan fingerprint density at radius 2 is 1.22 bits per heavy atom. The van der Waals surface area contributed by atoms with Gasteiger partial charge in [-0.05, 0) is 64.2 Å². The Bertz CT molecular complexity index is 2980. The summed E-state index contributed by atoms with van der Waals surface area (Å²) in [7, 11) is 0. The van der Waals surface area contributed by atoms with Crippen molar-refractivity contribution in [3.8, 4) is 50.6 Å². The Morgan fingerprint density at radius 3 is 1.98 bits per heavy atom. The second-order valence-corrected chi connectivity index (χ2v) is 14.2. The van der Waals surface area contributed by atoms with Crippen LogP contribution in [0, 0.1) is 23.3 Å². The fourth-order valence-corrected chi connectivity index (χ4v) is 8.20. The predicted octanol–water partition coefficient (Wildman–Crippen LogP) is 12.0. The van der Waals surface area contributed by atoms with Crippen LogP contribution in [0.5, 0.6) is 0 Å². The number of aromatic nitrogens is 4. The van der Waals surface area contributed by atoms with Crippen molar-refractivity contribution in [2.75, 3.05) is 0 Å². The summed E-state index contributed by atoms with van der Waals surface area (Å²) in [6, 6.07) is 38.0. The van der Waals surface area contributed by atoms with Crippen molar-refractivity contribution in [2.45, 2.75) is 19.3 Å². The number of hydrogen-bond donors (Lipinski definition) is 0. The average molecular weight is 713 g/mol. The van der Waals surface area contributed by atoms with Crippen molar-refractivity contribution in [3.05, 3.63) is 168 Å². The highest BCUT2D eigenvalue weighted by molar-refractivity contribution is 6.10. The number of hydrogen-bond acceptors (Lipinski definition) is 3. The number of para-hydroxylation sites is 1. The molecule has 0 saturated heterocycles. The van der Waals surface area contributed by atoms with Gasteiger partial charge in [0.05, 0.1) is 33.4 Å². The van der Waals surface area contributed by atoms with Crippen LogP contribution in [-0.4, -0.2) is 19.5 Å². The van der Waals surface area contributed by atoms with Gasteiger partial charge in [-0.25, -0.2) is 27.5 Å². The van der Waals surface area contributed by atoms with E-state index in [9.17, 15) is 0 Å². The van der Waals surface area contributed by atoms with E-state index in [0.717, 1.165) is 61.5 Å². The minimum Gasteiger partial charge on any atom is -0.278 e. The van der Waals surface area contributed by atoms with Gasteiger partial charge < -0.3 is 0 Å². The van der Waals surface area contributed by atoms with E-state index in [0.29, 0.717) is 16.9 Å². The molecule has 0 aliphatic heterocycles. The molecule has 0 atom stereocenters. The number of benzene rings is 6. The van der Waals surface area contributed by atoms with E-state index < -0.39 is 34.4 Å². The van der Waals surface area contributed by atoms with E-state index in [1.807, 2.05) is 59.2 Å². The van der Waals surface area contributed by atoms with Gasteiger partial charge in [0.1, 0.15) is 0 Å². The summed E-state index contributed by atoms with van der Waals surface area (Å²) in [6.07, 6.45) is 2.56. The third kappa shape index (κ3) is 4.52. The van der Waals surface area contributed by atoms with Gasteiger partial charge in [0, 0.05) is 45.1 Å². The first-order valence-corrected chi connectivity index (χ1v) is 17.5. The molecule has 3 aromatic heterocycles. The highest BCUT2D eigenvalue weighted by atomic mass is 19.2. The molecule has 1 aliphatic rings. The second kappa shape index (κ2) is 11.7. The van der Waals surface area contributed by atoms with Crippen LogP contribution < -0.4 is 0 Å². The molecule has 9 aromatic rings. The quantitative estimate of drug-likeness (QED) is 0.135. The van der Waals surface area contributed by atoms with E-state index in [4.69, 9.17) is 9.97 Å². The molecule has 6 aromatic carbocycles. The Morgan fingerprint density at radius 1 is 0.537 bits per heavy atom. The Balaban J connectivity index is 1.19.